The molecule has 0 radical (unpaired) electrons. The lowest BCUT2D eigenvalue weighted by Crippen LogP contribution is -2.69. The minimum Gasteiger partial charge on any atom is -0.479 e. The Labute approximate surface area is 508 Å². The van der Waals surface area contributed by atoms with Gasteiger partial charge in [0.1, 0.15) is 85.3 Å². The van der Waals surface area contributed by atoms with E-state index in [2.05, 4.69) is 20.1 Å². The smallest absolute Gasteiger partial charge is 0.335 e. The average Bonchev–Trinajstić information content (AvgIpc) is 1.57. The van der Waals surface area contributed by atoms with Crippen LogP contribution in [0.5, 0.6) is 0 Å². The first kappa shape index (κ1) is 74.4. The standard InChI is InChI=1S/C56H98N6O25/c1-9-15-21-73-38-30(7)52(72-8)79-33(29-65)41(38)83-55-37(67)43(76-24-18-12-4)45(47(86-55)50(68)69)84-53-34(59-61-57)36(66)39(31(27-63)80-53)82-56-49(78-26-20-14-6)44(77-25-19-13-5)46(48(87-56)51(70)71)85-54-35(60-62-58)42(75-23-17-11-3)40(32(28-64)81-54)74-22-16-10-2/h30-49,52-56,63-67H,9-29H2,1-8H3,(H,68,69)(H,70,71)/t30?,31?,32?,33?,34?,35-,36+,37-,38+,39+,40+,41+,42+,43-,44?,45-,46-,47?,48?,49-,52-,53-,54+,55?,56+/m0/s1. The highest BCUT2D eigenvalue weighted by Gasteiger charge is 2.60. The van der Waals surface area contributed by atoms with Gasteiger partial charge in [-0.05, 0) is 49.6 Å². The normalized spacial score (nSPS) is 38.1. The Morgan fingerprint density at radius 3 is 1.26 bits per heavy atom. The first-order valence-corrected chi connectivity index (χ1v) is 31.0. The molecule has 0 aliphatic carbocycles. The second-order valence-corrected chi connectivity index (χ2v) is 22.2. The molecular weight excluding hydrogens is 1160 g/mol. The van der Waals surface area contributed by atoms with Crippen molar-refractivity contribution in [3.05, 3.63) is 20.9 Å². The van der Waals surface area contributed by atoms with Crippen LogP contribution < -0.4 is 0 Å². The SMILES string of the molecule is CCCCOC1[C@H](O[C@H]2OC(CO)[C@@H](OCCCC)[C@H](OCCCC)[C@@H]2N=[N+]=[N-])C(C(=O)O)O[C@@H](O[C@@H]2C(CO)O[C@@H](O[C@@H]3C(C(=O)O)OC(O[C@@H]4C(CO)O[C@H](OC)C(C)[C@H]4OCCCC)[C@@H](O)[C@@H]3OCCCC)C(N=[N+]=[N-])[C@H]2O)[C@H]1OCCCC. The molecule has 0 aromatic rings. The maximum Gasteiger partial charge on any atom is 0.335 e. The van der Waals surface area contributed by atoms with E-state index in [0.717, 1.165) is 19.3 Å². The van der Waals surface area contributed by atoms with Gasteiger partial charge in [-0.1, -0.05) is 97.2 Å². The van der Waals surface area contributed by atoms with E-state index in [0.29, 0.717) is 57.8 Å². The molecule has 87 heavy (non-hydrogen) atoms. The molecule has 0 spiro atoms. The number of rotatable bonds is 40. The topological polar surface area (TPSA) is 421 Å². The zero-order chi connectivity index (χ0) is 63.6. The summed E-state index contributed by atoms with van der Waals surface area (Å²) in [7, 11) is 1.43. The van der Waals surface area contributed by atoms with Crippen LogP contribution in [-0.4, -0.2) is 262 Å². The Balaban J connectivity index is 1.50. The van der Waals surface area contributed by atoms with Gasteiger partial charge in [-0.3, -0.25) is 0 Å². The van der Waals surface area contributed by atoms with Crippen LogP contribution in [0, 0.1) is 5.92 Å². The Morgan fingerprint density at radius 2 is 0.793 bits per heavy atom. The molecule has 5 fully saturated rings. The molecule has 0 bridgehead atoms. The van der Waals surface area contributed by atoms with Crippen LogP contribution in [0.4, 0.5) is 0 Å². The summed E-state index contributed by atoms with van der Waals surface area (Å²) < 4.78 is 100. The number of hydrogen-bond donors (Lipinski definition) is 7. The maximum atomic E-state index is 13.6. The fourth-order valence-corrected chi connectivity index (χ4v) is 11.0. The van der Waals surface area contributed by atoms with E-state index in [1.807, 2.05) is 41.5 Å². The van der Waals surface area contributed by atoms with Gasteiger partial charge >= 0.3 is 11.9 Å². The van der Waals surface area contributed by atoms with E-state index in [4.69, 9.17) is 75.8 Å². The first-order valence-electron chi connectivity index (χ1n) is 31.0. The molecule has 0 aromatic carbocycles. The summed E-state index contributed by atoms with van der Waals surface area (Å²) in [5, 5.41) is 86.5. The van der Waals surface area contributed by atoms with Gasteiger partial charge < -0.3 is 112 Å². The largest absolute Gasteiger partial charge is 0.479 e. The Bertz CT molecular complexity index is 2070. The second kappa shape index (κ2) is 39.2. The van der Waals surface area contributed by atoms with Gasteiger partial charge in [0.2, 0.25) is 0 Å². The van der Waals surface area contributed by atoms with E-state index >= 15 is 0 Å². The van der Waals surface area contributed by atoms with E-state index in [-0.39, 0.29) is 39.6 Å². The lowest BCUT2D eigenvalue weighted by Gasteiger charge is -2.51. The summed E-state index contributed by atoms with van der Waals surface area (Å²) in [6, 6.07) is -3.17. The van der Waals surface area contributed by atoms with Crippen molar-refractivity contribution in [1.82, 2.24) is 0 Å². The molecule has 7 N–H and O–H groups in total. The molecular formula is C56H98N6O25. The summed E-state index contributed by atoms with van der Waals surface area (Å²) in [5.74, 6) is -3.72. The third-order valence-electron chi connectivity index (χ3n) is 15.9. The van der Waals surface area contributed by atoms with Crippen molar-refractivity contribution >= 4 is 11.9 Å². The van der Waals surface area contributed by atoms with Crippen molar-refractivity contribution in [2.75, 3.05) is 66.6 Å². The molecule has 0 amide bonds. The lowest BCUT2D eigenvalue weighted by molar-refractivity contribution is -0.381. The number of carboxylic acids is 2. The van der Waals surface area contributed by atoms with Gasteiger partial charge in [0.25, 0.3) is 0 Å². The third kappa shape index (κ3) is 19.9. The number of nitrogens with zero attached hydrogens (tertiary/aromatic N) is 6. The van der Waals surface area contributed by atoms with Gasteiger partial charge in [-0.15, -0.1) is 0 Å². The Morgan fingerprint density at radius 1 is 0.425 bits per heavy atom. The maximum absolute atomic E-state index is 13.6. The molecule has 5 aliphatic rings. The molecule has 5 saturated heterocycles. The molecule has 502 valence electrons. The summed E-state index contributed by atoms with van der Waals surface area (Å²) in [6.07, 6.45) is -25.9. The van der Waals surface area contributed by atoms with Crippen molar-refractivity contribution in [2.45, 2.75) is 273 Å². The van der Waals surface area contributed by atoms with E-state index in [1.165, 1.54) is 7.11 Å². The summed E-state index contributed by atoms with van der Waals surface area (Å²) in [5.41, 5.74) is 20.0. The fourth-order valence-electron chi connectivity index (χ4n) is 11.0. The summed E-state index contributed by atoms with van der Waals surface area (Å²) in [6.45, 7) is 12.0. The molecule has 0 saturated carbocycles. The van der Waals surface area contributed by atoms with Crippen LogP contribution in [0.15, 0.2) is 10.2 Å². The Hall–Kier alpha value is -3.28. The van der Waals surface area contributed by atoms with Crippen LogP contribution in [0.1, 0.15) is 126 Å². The van der Waals surface area contributed by atoms with Crippen LogP contribution in [0.3, 0.4) is 0 Å². The first-order chi connectivity index (χ1) is 42.1. The van der Waals surface area contributed by atoms with Gasteiger partial charge in [0.05, 0.1) is 38.1 Å². The number of aliphatic hydroxyl groups excluding tert-OH is 5. The van der Waals surface area contributed by atoms with E-state index in [9.17, 15) is 56.4 Å². The summed E-state index contributed by atoms with van der Waals surface area (Å²) >= 11 is 0. The number of methoxy groups -OCH3 is 1. The molecule has 25 atom stereocenters. The quantitative estimate of drug-likeness (QED) is 0.0199. The zero-order valence-electron chi connectivity index (χ0n) is 51.4. The van der Waals surface area contributed by atoms with Gasteiger partial charge in [-0.2, -0.15) is 0 Å². The number of azide groups is 2. The van der Waals surface area contributed by atoms with Crippen LogP contribution >= 0.6 is 0 Å². The van der Waals surface area contributed by atoms with Crippen molar-refractivity contribution in [2.24, 2.45) is 16.1 Å². The zero-order valence-corrected chi connectivity index (χ0v) is 51.4. The second-order valence-electron chi connectivity index (χ2n) is 22.2. The van der Waals surface area contributed by atoms with E-state index in [1.54, 1.807) is 6.92 Å². The van der Waals surface area contributed by atoms with Crippen molar-refractivity contribution < 1.29 is 121 Å². The highest BCUT2D eigenvalue weighted by Crippen LogP contribution is 2.40. The van der Waals surface area contributed by atoms with Gasteiger partial charge in [0.15, 0.2) is 43.7 Å². The van der Waals surface area contributed by atoms with Crippen LogP contribution in [0.25, 0.3) is 20.9 Å². The number of aliphatic carboxylic acids is 2. The van der Waals surface area contributed by atoms with Crippen molar-refractivity contribution in [3.8, 4) is 0 Å². The molecule has 5 aliphatic heterocycles. The Kier molecular flexibility index (Phi) is 33.5. The molecule has 31 nitrogen and oxygen atoms in total. The molecule has 5 rings (SSSR count). The number of unbranched alkanes of at least 4 members (excludes halogenated alkanes) is 6. The lowest BCUT2D eigenvalue weighted by atomic mass is 9.91. The minimum absolute atomic E-state index is 0.0217. The van der Waals surface area contributed by atoms with E-state index < -0.39 is 185 Å². The van der Waals surface area contributed by atoms with Gasteiger partial charge in [-0.25, -0.2) is 9.59 Å². The predicted molar refractivity (Wildman–Crippen MR) is 301 cm³/mol. The highest BCUT2D eigenvalue weighted by atomic mass is 16.8. The molecule has 5 heterocycles. The minimum atomic E-state index is -2.04. The van der Waals surface area contributed by atoms with Crippen molar-refractivity contribution in [1.29, 1.82) is 0 Å². The highest BCUT2D eigenvalue weighted by molar-refractivity contribution is 5.74. The average molecular weight is 1260 g/mol. The number of carbonyl (C=O) groups is 2. The third-order valence-corrected chi connectivity index (χ3v) is 15.9. The monoisotopic (exact) mass is 1250 g/mol. The number of aliphatic hydroxyl groups is 5. The predicted octanol–water partition coefficient (Wildman–Crippen LogP) is 3.77. The molecule has 0 aromatic heterocycles. The van der Waals surface area contributed by atoms with Crippen LogP contribution in [0.2, 0.25) is 0 Å². The van der Waals surface area contributed by atoms with Gasteiger partial charge in [0, 0.05) is 62.5 Å². The number of hydrogen-bond acceptors (Lipinski definition) is 25. The number of carboxylic acid groups (broad SMARTS) is 2. The van der Waals surface area contributed by atoms with Crippen LogP contribution in [-0.2, 0) is 85.4 Å². The fraction of sp³-hybridized carbons (Fsp3) is 0.964. The molecule has 9 unspecified atom stereocenters. The molecule has 31 heteroatoms. The summed E-state index contributed by atoms with van der Waals surface area (Å²) in [4.78, 5) is 32.9. The number of ether oxygens (including phenoxy) is 16. The van der Waals surface area contributed by atoms with Crippen molar-refractivity contribution in [3.63, 3.8) is 0 Å².